The molecule has 0 aromatic heterocycles. The number of carbonyl (C=O) groups is 2. The largest absolute Gasteiger partial charge is 0.497 e. The molecule has 1 N–H and O–H groups in total. The van der Waals surface area contributed by atoms with Gasteiger partial charge in [-0.2, -0.15) is 0 Å². The standard InChI is InChI=1S/C23H27FN2O4/c1-29-15-3-14-25-23(28)20-12-13-21(27)26(18-8-10-19(30-2)11-9-18)22(20)16-4-6-17(24)7-5-16/h4-11,20,22H,3,12-15H2,1-2H3,(H,25,28)/t20-,22-/m0/s1. The third kappa shape index (κ3) is 4.97. The number of ether oxygens (including phenoxy) is 2. The zero-order valence-electron chi connectivity index (χ0n) is 17.3. The SMILES string of the molecule is COCCCNC(=O)[C@H]1CCC(=O)N(c2ccc(OC)cc2)[C@H]1c1ccc(F)cc1. The highest BCUT2D eigenvalue weighted by molar-refractivity contribution is 5.97. The first-order valence-corrected chi connectivity index (χ1v) is 10.0. The summed E-state index contributed by atoms with van der Waals surface area (Å²) in [4.78, 5) is 27.6. The smallest absolute Gasteiger partial charge is 0.227 e. The summed E-state index contributed by atoms with van der Waals surface area (Å²) < 4.78 is 23.8. The van der Waals surface area contributed by atoms with Crippen LogP contribution < -0.4 is 15.0 Å². The average Bonchev–Trinajstić information content (AvgIpc) is 2.77. The normalized spacial score (nSPS) is 18.9. The van der Waals surface area contributed by atoms with Crippen molar-refractivity contribution in [1.29, 1.82) is 0 Å². The van der Waals surface area contributed by atoms with Gasteiger partial charge in [0.15, 0.2) is 0 Å². The summed E-state index contributed by atoms with van der Waals surface area (Å²) >= 11 is 0. The van der Waals surface area contributed by atoms with E-state index in [1.165, 1.54) is 12.1 Å². The summed E-state index contributed by atoms with van der Waals surface area (Å²) in [5.74, 6) is -0.325. The number of anilines is 1. The van der Waals surface area contributed by atoms with Crippen molar-refractivity contribution in [2.45, 2.75) is 25.3 Å². The summed E-state index contributed by atoms with van der Waals surface area (Å²) in [5, 5.41) is 2.95. The number of hydrogen-bond acceptors (Lipinski definition) is 4. The lowest BCUT2D eigenvalue weighted by atomic mass is 9.83. The van der Waals surface area contributed by atoms with Crippen LogP contribution in [0, 0.1) is 11.7 Å². The monoisotopic (exact) mass is 414 g/mol. The van der Waals surface area contributed by atoms with Crippen LogP contribution in [-0.2, 0) is 14.3 Å². The molecule has 3 rings (SSSR count). The van der Waals surface area contributed by atoms with E-state index < -0.39 is 12.0 Å². The summed E-state index contributed by atoms with van der Waals surface area (Å²) in [5.41, 5.74) is 1.39. The first kappa shape index (κ1) is 21.8. The Morgan fingerprint density at radius 3 is 2.47 bits per heavy atom. The van der Waals surface area contributed by atoms with Crippen LogP contribution >= 0.6 is 0 Å². The summed E-state index contributed by atoms with van der Waals surface area (Å²) in [6.07, 6.45) is 1.40. The zero-order chi connectivity index (χ0) is 21.5. The molecule has 6 nitrogen and oxygen atoms in total. The maximum absolute atomic E-state index is 13.5. The Balaban J connectivity index is 1.94. The van der Waals surface area contributed by atoms with Crippen molar-refractivity contribution in [2.24, 2.45) is 5.92 Å². The van der Waals surface area contributed by atoms with E-state index in [1.807, 2.05) is 0 Å². The second kappa shape index (κ2) is 10.2. The molecular weight excluding hydrogens is 387 g/mol. The van der Waals surface area contributed by atoms with E-state index in [4.69, 9.17) is 9.47 Å². The van der Waals surface area contributed by atoms with E-state index in [0.717, 1.165) is 5.56 Å². The van der Waals surface area contributed by atoms with E-state index in [-0.39, 0.29) is 24.1 Å². The predicted molar refractivity (Wildman–Crippen MR) is 112 cm³/mol. The molecule has 1 saturated heterocycles. The van der Waals surface area contributed by atoms with E-state index in [2.05, 4.69) is 5.32 Å². The van der Waals surface area contributed by atoms with Gasteiger partial charge < -0.3 is 19.7 Å². The number of hydrogen-bond donors (Lipinski definition) is 1. The molecule has 1 heterocycles. The molecule has 0 aliphatic carbocycles. The Morgan fingerprint density at radius 2 is 1.83 bits per heavy atom. The molecule has 7 heteroatoms. The number of carbonyl (C=O) groups excluding carboxylic acids is 2. The number of methoxy groups -OCH3 is 2. The fraction of sp³-hybridized carbons (Fsp3) is 0.391. The van der Waals surface area contributed by atoms with Crippen molar-refractivity contribution in [3.8, 4) is 5.75 Å². The highest BCUT2D eigenvalue weighted by Gasteiger charge is 2.41. The number of nitrogens with one attached hydrogen (secondary N) is 1. The molecule has 30 heavy (non-hydrogen) atoms. The highest BCUT2D eigenvalue weighted by Crippen LogP contribution is 2.40. The Kier molecular flexibility index (Phi) is 7.41. The second-order valence-corrected chi connectivity index (χ2v) is 7.24. The fourth-order valence-corrected chi connectivity index (χ4v) is 3.81. The lowest BCUT2D eigenvalue weighted by molar-refractivity contribution is -0.129. The van der Waals surface area contributed by atoms with Crippen molar-refractivity contribution in [3.05, 3.63) is 59.9 Å². The van der Waals surface area contributed by atoms with Crippen molar-refractivity contribution in [1.82, 2.24) is 5.32 Å². The first-order chi connectivity index (χ1) is 14.5. The van der Waals surface area contributed by atoms with Gasteiger partial charge in [0.25, 0.3) is 0 Å². The molecule has 0 unspecified atom stereocenters. The van der Waals surface area contributed by atoms with Crippen LogP contribution in [-0.4, -0.2) is 39.2 Å². The molecule has 1 aliphatic rings. The van der Waals surface area contributed by atoms with E-state index in [9.17, 15) is 14.0 Å². The molecule has 1 fully saturated rings. The number of piperidine rings is 1. The lowest BCUT2D eigenvalue weighted by Gasteiger charge is -2.41. The average molecular weight is 414 g/mol. The van der Waals surface area contributed by atoms with Gasteiger partial charge in [-0.15, -0.1) is 0 Å². The minimum Gasteiger partial charge on any atom is -0.497 e. The molecule has 160 valence electrons. The Morgan fingerprint density at radius 1 is 1.13 bits per heavy atom. The van der Waals surface area contributed by atoms with Crippen LogP contribution in [0.5, 0.6) is 5.75 Å². The van der Waals surface area contributed by atoms with Crippen LogP contribution in [0.15, 0.2) is 48.5 Å². The molecular formula is C23H27FN2O4. The van der Waals surface area contributed by atoms with E-state index in [1.54, 1.807) is 55.5 Å². The molecule has 0 saturated carbocycles. The molecule has 0 spiro atoms. The van der Waals surface area contributed by atoms with Crippen LogP contribution in [0.3, 0.4) is 0 Å². The third-order valence-electron chi connectivity index (χ3n) is 5.32. The maximum Gasteiger partial charge on any atom is 0.227 e. The van der Waals surface area contributed by atoms with Crippen molar-refractivity contribution >= 4 is 17.5 Å². The summed E-state index contributed by atoms with van der Waals surface area (Å²) in [6, 6.07) is 12.6. The molecule has 2 aromatic carbocycles. The topological polar surface area (TPSA) is 67.9 Å². The summed E-state index contributed by atoms with van der Waals surface area (Å²) in [6.45, 7) is 1.05. The molecule has 0 bridgehead atoms. The molecule has 2 aromatic rings. The van der Waals surface area contributed by atoms with E-state index >= 15 is 0 Å². The summed E-state index contributed by atoms with van der Waals surface area (Å²) in [7, 11) is 3.19. The third-order valence-corrected chi connectivity index (χ3v) is 5.32. The van der Waals surface area contributed by atoms with Gasteiger partial charge in [0.1, 0.15) is 11.6 Å². The molecule has 1 aliphatic heterocycles. The number of halogens is 1. The number of benzene rings is 2. The van der Waals surface area contributed by atoms with Gasteiger partial charge in [-0.05, 0) is 54.8 Å². The minimum atomic E-state index is -0.525. The maximum atomic E-state index is 13.5. The molecule has 0 radical (unpaired) electrons. The van der Waals surface area contributed by atoms with Gasteiger partial charge in [0.05, 0.1) is 19.1 Å². The highest BCUT2D eigenvalue weighted by atomic mass is 19.1. The fourth-order valence-electron chi connectivity index (χ4n) is 3.81. The van der Waals surface area contributed by atoms with Crippen molar-refractivity contribution in [3.63, 3.8) is 0 Å². The van der Waals surface area contributed by atoms with Gasteiger partial charge in [-0.1, -0.05) is 12.1 Å². The molecule has 2 amide bonds. The zero-order valence-corrected chi connectivity index (χ0v) is 17.3. The van der Waals surface area contributed by atoms with Crippen LogP contribution in [0.4, 0.5) is 10.1 Å². The first-order valence-electron chi connectivity index (χ1n) is 10.0. The van der Waals surface area contributed by atoms with Crippen LogP contribution in [0.1, 0.15) is 30.9 Å². The quantitative estimate of drug-likeness (QED) is 0.672. The van der Waals surface area contributed by atoms with Gasteiger partial charge in [0, 0.05) is 32.4 Å². The molecule has 2 atom stereocenters. The van der Waals surface area contributed by atoms with Gasteiger partial charge >= 0.3 is 0 Å². The van der Waals surface area contributed by atoms with Crippen LogP contribution in [0.25, 0.3) is 0 Å². The Hall–Kier alpha value is -2.93. The van der Waals surface area contributed by atoms with Gasteiger partial charge in [-0.25, -0.2) is 4.39 Å². The van der Waals surface area contributed by atoms with Gasteiger partial charge in [-0.3, -0.25) is 9.59 Å². The number of rotatable bonds is 8. The van der Waals surface area contributed by atoms with Crippen molar-refractivity contribution < 1.29 is 23.5 Å². The van der Waals surface area contributed by atoms with Gasteiger partial charge in [0.2, 0.25) is 11.8 Å². The van der Waals surface area contributed by atoms with Crippen molar-refractivity contribution in [2.75, 3.05) is 32.3 Å². The van der Waals surface area contributed by atoms with Crippen LogP contribution in [0.2, 0.25) is 0 Å². The Labute approximate surface area is 176 Å². The van der Waals surface area contributed by atoms with E-state index in [0.29, 0.717) is 37.4 Å². The number of amides is 2. The predicted octanol–water partition coefficient (Wildman–Crippen LogP) is 3.47. The lowest BCUT2D eigenvalue weighted by Crippen LogP contribution is -2.48. The number of nitrogens with zero attached hydrogens (tertiary/aromatic N) is 1. The Bertz CT molecular complexity index is 855. The second-order valence-electron chi connectivity index (χ2n) is 7.24. The minimum absolute atomic E-state index is 0.0714.